The summed E-state index contributed by atoms with van der Waals surface area (Å²) in [4.78, 5) is 29.3. The zero-order chi connectivity index (χ0) is 20.4. The fourth-order valence-electron chi connectivity index (χ4n) is 3.78. The third-order valence-corrected chi connectivity index (χ3v) is 6.03. The van der Waals surface area contributed by atoms with Crippen molar-refractivity contribution in [3.63, 3.8) is 0 Å². The molecule has 2 aliphatic heterocycles. The van der Waals surface area contributed by atoms with E-state index in [1.54, 1.807) is 0 Å². The molecule has 29 heavy (non-hydrogen) atoms. The number of amides is 2. The molecule has 2 N–H and O–H groups in total. The SMILES string of the molecule is C[C@H](C(=O)NCc1ccc2c(c1)OCO2)N1CCN([C@H](C)C(=O)NC2CC2)CC1. The molecule has 0 radical (unpaired) electrons. The number of nitrogens with one attached hydrogen (secondary N) is 2. The van der Waals surface area contributed by atoms with Gasteiger partial charge in [0.05, 0.1) is 12.1 Å². The lowest BCUT2D eigenvalue weighted by atomic mass is 10.1. The quantitative estimate of drug-likeness (QED) is 0.699. The van der Waals surface area contributed by atoms with Crippen LogP contribution in [0.15, 0.2) is 18.2 Å². The standard InChI is InChI=1S/C21H30N4O4/c1-14(20(26)22-12-16-3-6-18-19(11-16)29-13-28-18)24-7-9-25(10-8-24)15(2)21(27)23-17-4-5-17/h3,6,11,14-15,17H,4-5,7-10,12-13H2,1-2H3,(H,22,26)(H,23,27)/t14-,15-/m1/s1. The average Bonchev–Trinajstić information content (AvgIpc) is 3.43. The number of carbonyl (C=O) groups excluding carboxylic acids is 2. The van der Waals surface area contributed by atoms with Crippen molar-refractivity contribution in [3.05, 3.63) is 23.8 Å². The molecule has 0 spiro atoms. The second-order valence-corrected chi connectivity index (χ2v) is 8.11. The predicted molar refractivity (Wildman–Crippen MR) is 108 cm³/mol. The fraction of sp³-hybridized carbons (Fsp3) is 0.619. The van der Waals surface area contributed by atoms with Gasteiger partial charge in [0.1, 0.15) is 0 Å². The second kappa shape index (κ2) is 8.59. The van der Waals surface area contributed by atoms with Crippen LogP contribution < -0.4 is 20.1 Å². The Morgan fingerprint density at radius 2 is 1.62 bits per heavy atom. The van der Waals surface area contributed by atoms with Crippen LogP contribution in [0.4, 0.5) is 0 Å². The number of hydrogen-bond donors (Lipinski definition) is 2. The summed E-state index contributed by atoms with van der Waals surface area (Å²) in [5.74, 6) is 1.60. The van der Waals surface area contributed by atoms with Gasteiger partial charge in [-0.15, -0.1) is 0 Å². The van der Waals surface area contributed by atoms with Crippen LogP contribution in [0.25, 0.3) is 0 Å². The van der Waals surface area contributed by atoms with Gasteiger partial charge in [-0.3, -0.25) is 19.4 Å². The highest BCUT2D eigenvalue weighted by Crippen LogP contribution is 2.32. The fourth-order valence-corrected chi connectivity index (χ4v) is 3.78. The molecule has 1 aromatic rings. The van der Waals surface area contributed by atoms with E-state index < -0.39 is 0 Å². The highest BCUT2D eigenvalue weighted by atomic mass is 16.7. The lowest BCUT2D eigenvalue weighted by Gasteiger charge is -2.39. The summed E-state index contributed by atoms with van der Waals surface area (Å²) in [6.45, 7) is 7.74. The van der Waals surface area contributed by atoms with Gasteiger partial charge in [0.25, 0.3) is 0 Å². The molecular formula is C21H30N4O4. The second-order valence-electron chi connectivity index (χ2n) is 8.11. The van der Waals surface area contributed by atoms with Crippen molar-refractivity contribution in [2.24, 2.45) is 0 Å². The topological polar surface area (TPSA) is 83.1 Å². The lowest BCUT2D eigenvalue weighted by Crippen LogP contribution is -2.57. The Morgan fingerprint density at radius 3 is 2.28 bits per heavy atom. The van der Waals surface area contributed by atoms with E-state index in [0.29, 0.717) is 12.6 Å². The van der Waals surface area contributed by atoms with Gasteiger partial charge in [0, 0.05) is 38.8 Å². The van der Waals surface area contributed by atoms with Crippen LogP contribution in [0.2, 0.25) is 0 Å². The van der Waals surface area contributed by atoms with Crippen LogP contribution in [-0.4, -0.2) is 72.7 Å². The molecule has 2 amide bonds. The van der Waals surface area contributed by atoms with Crippen LogP contribution in [-0.2, 0) is 16.1 Å². The van der Waals surface area contributed by atoms with E-state index in [1.165, 1.54) is 0 Å². The number of piperazine rings is 1. The van der Waals surface area contributed by atoms with Gasteiger partial charge in [0.15, 0.2) is 11.5 Å². The Hall–Kier alpha value is -2.32. The first-order valence-corrected chi connectivity index (χ1v) is 10.5. The minimum Gasteiger partial charge on any atom is -0.454 e. The molecule has 1 saturated carbocycles. The highest BCUT2D eigenvalue weighted by molar-refractivity contribution is 5.82. The number of fused-ring (bicyclic) bond motifs is 1. The Bertz CT molecular complexity index is 759. The lowest BCUT2D eigenvalue weighted by molar-refractivity contribution is -0.130. The molecule has 2 fully saturated rings. The summed E-state index contributed by atoms with van der Waals surface area (Å²) < 4.78 is 10.7. The van der Waals surface area contributed by atoms with Gasteiger partial charge in [-0.25, -0.2) is 0 Å². The molecule has 8 heteroatoms. The summed E-state index contributed by atoms with van der Waals surface area (Å²) >= 11 is 0. The highest BCUT2D eigenvalue weighted by Gasteiger charge is 2.32. The molecule has 158 valence electrons. The van der Waals surface area contributed by atoms with Crippen molar-refractivity contribution in [1.29, 1.82) is 0 Å². The molecule has 0 unspecified atom stereocenters. The van der Waals surface area contributed by atoms with E-state index in [1.807, 2.05) is 32.0 Å². The van der Waals surface area contributed by atoms with Crippen molar-refractivity contribution in [2.75, 3.05) is 33.0 Å². The molecule has 2 atom stereocenters. The predicted octanol–water partition coefficient (Wildman–Crippen LogP) is 0.705. The monoisotopic (exact) mass is 402 g/mol. The molecule has 0 aromatic heterocycles. The zero-order valence-corrected chi connectivity index (χ0v) is 17.1. The molecule has 3 aliphatic rings. The Morgan fingerprint density at radius 1 is 1.00 bits per heavy atom. The van der Waals surface area contributed by atoms with Crippen molar-refractivity contribution < 1.29 is 19.1 Å². The molecule has 4 rings (SSSR count). The van der Waals surface area contributed by atoms with E-state index in [4.69, 9.17) is 9.47 Å². The van der Waals surface area contributed by atoms with Gasteiger partial charge >= 0.3 is 0 Å². The third-order valence-electron chi connectivity index (χ3n) is 6.03. The summed E-state index contributed by atoms with van der Waals surface area (Å²) in [6.07, 6.45) is 2.20. The molecule has 1 saturated heterocycles. The maximum atomic E-state index is 12.6. The van der Waals surface area contributed by atoms with E-state index in [-0.39, 0.29) is 30.7 Å². The first kappa shape index (κ1) is 20.0. The first-order chi connectivity index (χ1) is 14.0. The van der Waals surface area contributed by atoms with Gasteiger partial charge < -0.3 is 20.1 Å². The van der Waals surface area contributed by atoms with Crippen molar-refractivity contribution in [3.8, 4) is 11.5 Å². The van der Waals surface area contributed by atoms with Crippen LogP contribution in [0.1, 0.15) is 32.3 Å². The minimum absolute atomic E-state index is 0.00985. The summed E-state index contributed by atoms with van der Waals surface area (Å²) in [6, 6.07) is 5.77. The normalized spacial score (nSPS) is 21.4. The zero-order valence-electron chi connectivity index (χ0n) is 17.1. The summed E-state index contributed by atoms with van der Waals surface area (Å²) in [5.41, 5.74) is 0.982. The number of carbonyl (C=O) groups is 2. The minimum atomic E-state index is -0.207. The molecule has 2 heterocycles. The molecular weight excluding hydrogens is 372 g/mol. The molecule has 1 aromatic carbocycles. The molecule has 1 aliphatic carbocycles. The van der Waals surface area contributed by atoms with Crippen molar-refractivity contribution in [1.82, 2.24) is 20.4 Å². The van der Waals surface area contributed by atoms with E-state index in [0.717, 1.165) is 56.1 Å². The maximum Gasteiger partial charge on any atom is 0.237 e. The van der Waals surface area contributed by atoms with Crippen LogP contribution in [0, 0.1) is 0 Å². The number of benzene rings is 1. The van der Waals surface area contributed by atoms with E-state index in [2.05, 4.69) is 20.4 Å². The van der Waals surface area contributed by atoms with Crippen LogP contribution in [0.5, 0.6) is 11.5 Å². The first-order valence-electron chi connectivity index (χ1n) is 10.5. The Kier molecular flexibility index (Phi) is 5.91. The van der Waals surface area contributed by atoms with Crippen molar-refractivity contribution >= 4 is 11.8 Å². The van der Waals surface area contributed by atoms with E-state index >= 15 is 0 Å². The molecule has 8 nitrogen and oxygen atoms in total. The van der Waals surface area contributed by atoms with E-state index in [9.17, 15) is 9.59 Å². The third kappa shape index (κ3) is 4.82. The number of rotatable bonds is 7. The van der Waals surface area contributed by atoms with Gasteiger partial charge in [-0.2, -0.15) is 0 Å². The van der Waals surface area contributed by atoms with Gasteiger partial charge in [0.2, 0.25) is 18.6 Å². The van der Waals surface area contributed by atoms with Crippen molar-refractivity contribution in [2.45, 2.75) is 51.4 Å². The number of nitrogens with zero attached hydrogens (tertiary/aromatic N) is 2. The summed E-state index contributed by atoms with van der Waals surface area (Å²) in [5, 5.41) is 6.09. The van der Waals surface area contributed by atoms with Gasteiger partial charge in [-0.05, 0) is 44.4 Å². The van der Waals surface area contributed by atoms with Gasteiger partial charge in [-0.1, -0.05) is 6.07 Å². The Labute approximate surface area is 171 Å². The number of ether oxygens (including phenoxy) is 2. The molecule has 0 bridgehead atoms. The van der Waals surface area contributed by atoms with Crippen LogP contribution in [0.3, 0.4) is 0 Å². The largest absolute Gasteiger partial charge is 0.454 e. The smallest absolute Gasteiger partial charge is 0.237 e. The maximum absolute atomic E-state index is 12.6. The summed E-state index contributed by atoms with van der Waals surface area (Å²) in [7, 11) is 0. The average molecular weight is 402 g/mol. The number of hydrogen-bond acceptors (Lipinski definition) is 6. The Balaban J connectivity index is 1.22. The van der Waals surface area contributed by atoms with Crippen LogP contribution >= 0.6 is 0 Å².